The Balaban J connectivity index is 1.40. The molecule has 10 nitrogen and oxygen atoms in total. The number of para-hydroxylation sites is 2. The molecule has 0 saturated carbocycles. The van der Waals surface area contributed by atoms with E-state index in [4.69, 9.17) is 15.3 Å². The molecule has 0 radical (unpaired) electrons. The number of benzene rings is 2. The Bertz CT molecular complexity index is 1040. The van der Waals surface area contributed by atoms with E-state index in [0.717, 1.165) is 4.73 Å². The van der Waals surface area contributed by atoms with Gasteiger partial charge in [0.2, 0.25) is 0 Å². The number of fused-ring (bicyclic) bond motifs is 1. The lowest BCUT2D eigenvalue weighted by atomic mass is 10.2. The Hall–Kier alpha value is -3.50. The third kappa shape index (κ3) is 5.06. The van der Waals surface area contributed by atoms with Gasteiger partial charge in [0.25, 0.3) is 5.91 Å². The first kappa shape index (κ1) is 20.2. The molecule has 0 fully saturated rings. The number of nitrogens with two attached hydrogens (primary N) is 1. The second-order valence-electron chi connectivity index (χ2n) is 6.29. The molecule has 29 heavy (non-hydrogen) atoms. The molecule has 6 N–H and O–H groups in total. The summed E-state index contributed by atoms with van der Waals surface area (Å²) in [6.45, 7) is 0.827. The Kier molecular flexibility index (Phi) is 6.37. The molecule has 0 aliphatic heterocycles. The molecule has 1 heterocycles. The number of nitrogens with zero attached hydrogens (tertiary/aromatic N) is 1. The summed E-state index contributed by atoms with van der Waals surface area (Å²) in [7, 11) is 0. The van der Waals surface area contributed by atoms with Gasteiger partial charge >= 0.3 is 5.69 Å². The number of carbonyl (C=O) groups excluding carboxylic acids is 1. The van der Waals surface area contributed by atoms with Crippen LogP contribution in [-0.4, -0.2) is 58.2 Å². The average Bonchev–Trinajstić information content (AvgIpc) is 3.02. The number of primary amides is 1. The van der Waals surface area contributed by atoms with Gasteiger partial charge in [-0.1, -0.05) is 12.1 Å². The lowest BCUT2D eigenvalue weighted by Gasteiger charge is -2.13. The van der Waals surface area contributed by atoms with E-state index in [9.17, 15) is 19.8 Å². The van der Waals surface area contributed by atoms with Gasteiger partial charge in [-0.25, -0.2) is 4.79 Å². The molecule has 0 aliphatic carbocycles. The van der Waals surface area contributed by atoms with Crippen molar-refractivity contribution in [3.05, 3.63) is 58.5 Å². The number of hydrogen-bond acceptors (Lipinski definition) is 7. The fourth-order valence-corrected chi connectivity index (χ4v) is 2.69. The summed E-state index contributed by atoms with van der Waals surface area (Å²) in [5.41, 5.74) is 5.98. The Morgan fingerprint density at radius 2 is 2.07 bits per heavy atom. The highest BCUT2D eigenvalue weighted by atomic mass is 16.7. The standard InChI is InChI=1S/C19H22N4O6/c20-18(26)14-9-13(5-6-17(14)25)28-8-7-21-10-12(24)11-29-23-16-4-2-1-3-15(16)22-19(23)27/h1-6,9,12,21,24-25H,7-8,10-11H2,(H2,20,26)(H,22,27). The fourth-order valence-electron chi connectivity index (χ4n) is 2.69. The van der Waals surface area contributed by atoms with Crippen LogP contribution in [0.1, 0.15) is 10.4 Å². The number of imidazole rings is 1. The van der Waals surface area contributed by atoms with Crippen molar-refractivity contribution in [2.75, 3.05) is 26.3 Å². The summed E-state index contributed by atoms with van der Waals surface area (Å²) >= 11 is 0. The van der Waals surface area contributed by atoms with E-state index in [2.05, 4.69) is 10.3 Å². The van der Waals surface area contributed by atoms with Crippen molar-refractivity contribution in [3.63, 3.8) is 0 Å². The van der Waals surface area contributed by atoms with Crippen molar-refractivity contribution in [3.8, 4) is 11.5 Å². The number of ether oxygens (including phenoxy) is 1. The molecule has 0 spiro atoms. The highest BCUT2D eigenvalue weighted by Gasteiger charge is 2.11. The number of aliphatic hydroxyl groups is 1. The number of rotatable bonds is 10. The van der Waals surface area contributed by atoms with Crippen LogP contribution in [0.2, 0.25) is 0 Å². The zero-order valence-electron chi connectivity index (χ0n) is 15.5. The highest BCUT2D eigenvalue weighted by Crippen LogP contribution is 2.22. The van der Waals surface area contributed by atoms with Crippen LogP contribution >= 0.6 is 0 Å². The average molecular weight is 402 g/mol. The maximum absolute atomic E-state index is 11.9. The number of hydrogen-bond donors (Lipinski definition) is 5. The number of nitrogens with one attached hydrogen (secondary N) is 2. The van der Waals surface area contributed by atoms with Gasteiger partial charge in [0, 0.05) is 13.1 Å². The summed E-state index contributed by atoms with van der Waals surface area (Å²) in [6.07, 6.45) is -0.842. The lowest BCUT2D eigenvalue weighted by molar-refractivity contribution is 0.0276. The third-order valence-corrected chi connectivity index (χ3v) is 4.11. The normalized spacial score (nSPS) is 12.0. The number of phenols is 1. The van der Waals surface area contributed by atoms with Crippen LogP contribution in [0, 0.1) is 0 Å². The van der Waals surface area contributed by atoms with E-state index in [1.54, 1.807) is 24.3 Å². The number of aliphatic hydroxyl groups excluding tert-OH is 1. The maximum Gasteiger partial charge on any atom is 0.359 e. The minimum Gasteiger partial charge on any atom is -0.507 e. The maximum atomic E-state index is 11.9. The predicted octanol–water partition coefficient (Wildman–Crippen LogP) is -0.408. The molecule has 0 saturated heterocycles. The van der Waals surface area contributed by atoms with Crippen LogP contribution in [0.25, 0.3) is 11.0 Å². The van der Waals surface area contributed by atoms with Crippen molar-refractivity contribution < 1.29 is 24.6 Å². The fraction of sp³-hybridized carbons (Fsp3) is 0.263. The van der Waals surface area contributed by atoms with Gasteiger partial charge in [-0.3, -0.25) is 4.79 Å². The first-order valence-electron chi connectivity index (χ1n) is 8.93. The smallest absolute Gasteiger partial charge is 0.359 e. The molecular formula is C19H22N4O6. The molecule has 0 aliphatic rings. The van der Waals surface area contributed by atoms with Gasteiger partial charge in [-0.2, -0.15) is 0 Å². The van der Waals surface area contributed by atoms with Crippen LogP contribution in [0.3, 0.4) is 0 Å². The SMILES string of the molecule is NC(=O)c1cc(OCCNCC(O)COn2c(=O)[nH]c3ccccc32)ccc1O. The molecule has 3 rings (SSSR count). The molecule has 1 unspecified atom stereocenters. The zero-order valence-corrected chi connectivity index (χ0v) is 15.5. The molecule has 1 atom stereocenters. The van der Waals surface area contributed by atoms with Gasteiger partial charge in [0.1, 0.15) is 36.3 Å². The van der Waals surface area contributed by atoms with E-state index in [1.165, 1.54) is 18.2 Å². The van der Waals surface area contributed by atoms with E-state index >= 15 is 0 Å². The summed E-state index contributed by atoms with van der Waals surface area (Å²) in [6, 6.07) is 11.3. The van der Waals surface area contributed by atoms with Gasteiger partial charge in [0.15, 0.2) is 0 Å². The number of amides is 1. The molecule has 154 valence electrons. The summed E-state index contributed by atoms with van der Waals surface area (Å²) in [5, 5.41) is 22.6. The summed E-state index contributed by atoms with van der Waals surface area (Å²) in [5.74, 6) is -0.565. The minimum atomic E-state index is -0.842. The zero-order chi connectivity index (χ0) is 20.8. The number of aromatic hydroxyl groups is 1. The lowest BCUT2D eigenvalue weighted by Crippen LogP contribution is -2.37. The molecular weight excluding hydrogens is 380 g/mol. The quantitative estimate of drug-likeness (QED) is 0.289. The first-order valence-corrected chi connectivity index (χ1v) is 8.93. The van der Waals surface area contributed by atoms with E-state index in [1.807, 2.05) is 0 Å². The predicted molar refractivity (Wildman–Crippen MR) is 105 cm³/mol. The molecule has 0 bridgehead atoms. The summed E-state index contributed by atoms with van der Waals surface area (Å²) < 4.78 is 6.59. The van der Waals surface area contributed by atoms with E-state index in [0.29, 0.717) is 23.3 Å². The van der Waals surface area contributed by atoms with E-state index in [-0.39, 0.29) is 31.1 Å². The summed E-state index contributed by atoms with van der Waals surface area (Å²) in [4.78, 5) is 31.2. The van der Waals surface area contributed by atoms with Gasteiger partial charge in [0.05, 0.1) is 11.1 Å². The molecule has 10 heteroatoms. The van der Waals surface area contributed by atoms with Gasteiger partial charge < -0.3 is 35.8 Å². The molecule has 1 aromatic heterocycles. The van der Waals surface area contributed by atoms with Crippen LogP contribution < -0.4 is 26.3 Å². The van der Waals surface area contributed by atoms with Crippen molar-refractivity contribution in [2.24, 2.45) is 5.73 Å². The van der Waals surface area contributed by atoms with Crippen molar-refractivity contribution in [2.45, 2.75) is 6.10 Å². The Labute approximate surface area is 165 Å². The van der Waals surface area contributed by atoms with Crippen LogP contribution in [0.5, 0.6) is 11.5 Å². The van der Waals surface area contributed by atoms with Gasteiger partial charge in [-0.05, 0) is 30.3 Å². The molecule has 2 aromatic carbocycles. The first-order chi connectivity index (χ1) is 14.0. The van der Waals surface area contributed by atoms with Crippen LogP contribution in [0.15, 0.2) is 47.3 Å². The molecule has 1 amide bonds. The van der Waals surface area contributed by atoms with Crippen molar-refractivity contribution in [1.29, 1.82) is 0 Å². The van der Waals surface area contributed by atoms with Crippen LogP contribution in [-0.2, 0) is 0 Å². The number of H-pyrrole nitrogens is 1. The Morgan fingerprint density at radius 1 is 1.28 bits per heavy atom. The number of carbonyl (C=O) groups is 1. The molecule has 3 aromatic rings. The number of aromatic nitrogens is 2. The van der Waals surface area contributed by atoms with Gasteiger partial charge in [-0.15, -0.1) is 4.73 Å². The van der Waals surface area contributed by atoms with Crippen molar-refractivity contribution in [1.82, 2.24) is 15.0 Å². The highest BCUT2D eigenvalue weighted by molar-refractivity contribution is 5.95. The monoisotopic (exact) mass is 402 g/mol. The van der Waals surface area contributed by atoms with Crippen LogP contribution in [0.4, 0.5) is 0 Å². The second-order valence-corrected chi connectivity index (χ2v) is 6.29. The largest absolute Gasteiger partial charge is 0.507 e. The minimum absolute atomic E-state index is 0.0180. The third-order valence-electron chi connectivity index (χ3n) is 4.11. The second kappa shape index (κ2) is 9.13. The van der Waals surface area contributed by atoms with E-state index < -0.39 is 17.7 Å². The topological polar surface area (TPSA) is 152 Å². The van der Waals surface area contributed by atoms with Crippen molar-refractivity contribution >= 4 is 16.9 Å². The Morgan fingerprint density at radius 3 is 2.86 bits per heavy atom. The number of aromatic amines is 1.